The van der Waals surface area contributed by atoms with Gasteiger partial charge in [0.2, 0.25) is 0 Å². The Morgan fingerprint density at radius 3 is 2.83 bits per heavy atom. The van der Waals surface area contributed by atoms with Crippen molar-refractivity contribution >= 4 is 29.0 Å². The van der Waals surface area contributed by atoms with Crippen molar-refractivity contribution in [3.05, 3.63) is 45.7 Å². The molecule has 1 aromatic heterocycles. The van der Waals surface area contributed by atoms with E-state index in [2.05, 4.69) is 10.3 Å². The minimum atomic E-state index is -0.184. The molecule has 5 nitrogen and oxygen atoms in total. The number of Topliss-reactive ketones (excluding diaryl/α,β-unsaturated/α-hetero) is 1. The lowest BCUT2D eigenvalue weighted by atomic mass is 10.1. The SMILES string of the molecule is NCc1cn(CC(=O)c2cc(Cl)ccc2Cl)nn1. The first-order valence-electron chi connectivity index (χ1n) is 5.17. The van der Waals surface area contributed by atoms with E-state index in [1.54, 1.807) is 18.3 Å². The molecule has 0 aliphatic rings. The second kappa shape index (κ2) is 5.48. The van der Waals surface area contributed by atoms with Gasteiger partial charge in [-0.1, -0.05) is 28.4 Å². The van der Waals surface area contributed by atoms with Gasteiger partial charge in [0.05, 0.1) is 16.9 Å². The standard InChI is InChI=1S/C11H10Cl2N4O/c12-7-1-2-10(13)9(3-7)11(18)6-17-5-8(4-14)15-16-17/h1-3,5H,4,6,14H2. The Hall–Kier alpha value is -1.43. The molecule has 0 saturated carbocycles. The summed E-state index contributed by atoms with van der Waals surface area (Å²) >= 11 is 11.8. The number of benzene rings is 1. The second-order valence-corrected chi connectivity index (χ2v) is 4.50. The van der Waals surface area contributed by atoms with E-state index in [1.807, 2.05) is 0 Å². The first-order chi connectivity index (χ1) is 8.60. The molecule has 94 valence electrons. The normalized spacial score (nSPS) is 10.6. The van der Waals surface area contributed by atoms with Crippen LogP contribution in [0.4, 0.5) is 0 Å². The van der Waals surface area contributed by atoms with Crippen LogP contribution in [-0.4, -0.2) is 20.8 Å². The molecule has 0 atom stereocenters. The molecule has 18 heavy (non-hydrogen) atoms. The lowest BCUT2D eigenvalue weighted by molar-refractivity contribution is 0.0967. The second-order valence-electron chi connectivity index (χ2n) is 3.66. The third-order valence-electron chi connectivity index (χ3n) is 2.33. The molecule has 2 rings (SSSR count). The largest absolute Gasteiger partial charge is 0.325 e. The first kappa shape index (κ1) is 13.0. The molecule has 0 aliphatic heterocycles. The third kappa shape index (κ3) is 2.87. The molecule has 1 aromatic carbocycles. The van der Waals surface area contributed by atoms with E-state index in [1.165, 1.54) is 10.7 Å². The van der Waals surface area contributed by atoms with E-state index in [4.69, 9.17) is 28.9 Å². The molecule has 0 radical (unpaired) electrons. The lowest BCUT2D eigenvalue weighted by Crippen LogP contribution is -2.11. The van der Waals surface area contributed by atoms with E-state index in [0.717, 1.165) is 0 Å². The summed E-state index contributed by atoms with van der Waals surface area (Å²) in [4.78, 5) is 12.0. The van der Waals surface area contributed by atoms with Crippen molar-refractivity contribution in [2.24, 2.45) is 5.73 Å². The highest BCUT2D eigenvalue weighted by Gasteiger charge is 2.12. The fourth-order valence-corrected chi connectivity index (χ4v) is 1.85. The number of ketones is 1. The zero-order chi connectivity index (χ0) is 13.1. The molecule has 0 saturated heterocycles. The van der Waals surface area contributed by atoms with Gasteiger partial charge in [0.25, 0.3) is 0 Å². The number of hydrogen-bond acceptors (Lipinski definition) is 4. The van der Waals surface area contributed by atoms with E-state index in [0.29, 0.717) is 21.3 Å². The number of rotatable bonds is 4. The lowest BCUT2D eigenvalue weighted by Gasteiger charge is -2.03. The predicted molar refractivity (Wildman–Crippen MR) is 68.7 cm³/mol. The molecular weight excluding hydrogens is 275 g/mol. The summed E-state index contributed by atoms with van der Waals surface area (Å²) in [5, 5.41) is 8.42. The Morgan fingerprint density at radius 2 is 2.17 bits per heavy atom. The summed E-state index contributed by atoms with van der Waals surface area (Å²) in [5.41, 5.74) is 6.40. The van der Waals surface area contributed by atoms with Crippen LogP contribution in [0.5, 0.6) is 0 Å². The van der Waals surface area contributed by atoms with Gasteiger partial charge in [0.1, 0.15) is 6.54 Å². The molecule has 0 fully saturated rings. The van der Waals surface area contributed by atoms with Gasteiger partial charge < -0.3 is 5.73 Å². The molecule has 0 spiro atoms. The minimum Gasteiger partial charge on any atom is -0.325 e. The van der Waals surface area contributed by atoms with Gasteiger partial charge >= 0.3 is 0 Å². The summed E-state index contributed by atoms with van der Waals surface area (Å²) in [6, 6.07) is 4.75. The number of hydrogen-bond donors (Lipinski definition) is 1. The van der Waals surface area contributed by atoms with Crippen LogP contribution in [0, 0.1) is 0 Å². The van der Waals surface area contributed by atoms with Crippen LogP contribution < -0.4 is 5.73 Å². The molecule has 2 N–H and O–H groups in total. The highest BCUT2D eigenvalue weighted by molar-refractivity contribution is 6.35. The van der Waals surface area contributed by atoms with Crippen LogP contribution in [0.15, 0.2) is 24.4 Å². The molecular formula is C11H10Cl2N4O. The minimum absolute atomic E-state index is 0.0487. The van der Waals surface area contributed by atoms with Crippen molar-refractivity contribution in [1.29, 1.82) is 0 Å². The highest BCUT2D eigenvalue weighted by Crippen LogP contribution is 2.21. The highest BCUT2D eigenvalue weighted by atomic mass is 35.5. The van der Waals surface area contributed by atoms with Crippen LogP contribution in [0.3, 0.4) is 0 Å². The van der Waals surface area contributed by atoms with Crippen molar-refractivity contribution in [1.82, 2.24) is 15.0 Å². The average Bonchev–Trinajstić information content (AvgIpc) is 2.80. The van der Waals surface area contributed by atoms with Crippen LogP contribution in [0.1, 0.15) is 16.1 Å². The summed E-state index contributed by atoms with van der Waals surface area (Å²) in [6.45, 7) is 0.333. The summed E-state index contributed by atoms with van der Waals surface area (Å²) in [7, 11) is 0. The number of halogens is 2. The van der Waals surface area contributed by atoms with Crippen LogP contribution >= 0.6 is 23.2 Å². The maximum atomic E-state index is 12.0. The zero-order valence-electron chi connectivity index (χ0n) is 9.31. The Balaban J connectivity index is 2.19. The van der Waals surface area contributed by atoms with Gasteiger partial charge in [-0.2, -0.15) is 0 Å². The predicted octanol–water partition coefficient (Wildman–Crippen LogP) is 1.93. The third-order valence-corrected chi connectivity index (χ3v) is 2.89. The van der Waals surface area contributed by atoms with Gasteiger partial charge in [-0.3, -0.25) is 4.79 Å². The van der Waals surface area contributed by atoms with Gasteiger partial charge in [0.15, 0.2) is 5.78 Å². The van der Waals surface area contributed by atoms with Gasteiger partial charge in [-0.25, -0.2) is 4.68 Å². The Bertz CT molecular complexity index is 582. The monoisotopic (exact) mass is 284 g/mol. The quantitative estimate of drug-likeness (QED) is 0.871. The Kier molecular flexibility index (Phi) is 3.96. The van der Waals surface area contributed by atoms with E-state index in [-0.39, 0.29) is 18.9 Å². The Labute approximate surface area is 113 Å². The van der Waals surface area contributed by atoms with Crippen LogP contribution in [0.2, 0.25) is 10.0 Å². The van der Waals surface area contributed by atoms with Crippen molar-refractivity contribution in [3.8, 4) is 0 Å². The molecule has 0 aliphatic carbocycles. The van der Waals surface area contributed by atoms with Crippen molar-refractivity contribution < 1.29 is 4.79 Å². The maximum Gasteiger partial charge on any atom is 0.185 e. The number of nitrogens with zero attached hydrogens (tertiary/aromatic N) is 3. The van der Waals surface area contributed by atoms with Crippen LogP contribution in [0.25, 0.3) is 0 Å². The number of carbonyl (C=O) groups is 1. The number of nitrogens with two attached hydrogens (primary N) is 1. The van der Waals surface area contributed by atoms with Crippen LogP contribution in [-0.2, 0) is 13.1 Å². The summed E-state index contributed by atoms with van der Waals surface area (Å²) < 4.78 is 1.42. The molecule has 0 amide bonds. The molecule has 0 bridgehead atoms. The van der Waals surface area contributed by atoms with E-state index >= 15 is 0 Å². The molecule has 0 unspecified atom stereocenters. The zero-order valence-corrected chi connectivity index (χ0v) is 10.8. The fraction of sp³-hybridized carbons (Fsp3) is 0.182. The van der Waals surface area contributed by atoms with Gasteiger partial charge in [-0.05, 0) is 18.2 Å². The molecule has 1 heterocycles. The number of aromatic nitrogens is 3. The average molecular weight is 285 g/mol. The molecule has 2 aromatic rings. The fourth-order valence-electron chi connectivity index (χ4n) is 1.45. The van der Waals surface area contributed by atoms with Gasteiger partial charge in [0, 0.05) is 17.1 Å². The summed E-state index contributed by atoms with van der Waals surface area (Å²) in [6.07, 6.45) is 1.62. The smallest absolute Gasteiger partial charge is 0.185 e. The first-order valence-corrected chi connectivity index (χ1v) is 5.93. The van der Waals surface area contributed by atoms with Gasteiger partial charge in [-0.15, -0.1) is 5.10 Å². The van der Waals surface area contributed by atoms with E-state index in [9.17, 15) is 4.79 Å². The summed E-state index contributed by atoms with van der Waals surface area (Å²) in [5.74, 6) is -0.184. The molecule has 7 heteroatoms. The van der Waals surface area contributed by atoms with E-state index < -0.39 is 0 Å². The van der Waals surface area contributed by atoms with Crippen molar-refractivity contribution in [2.45, 2.75) is 13.1 Å². The maximum absolute atomic E-state index is 12.0. The topological polar surface area (TPSA) is 73.8 Å². The number of carbonyl (C=O) groups excluding carboxylic acids is 1. The van der Waals surface area contributed by atoms with Crippen molar-refractivity contribution in [2.75, 3.05) is 0 Å². The van der Waals surface area contributed by atoms with Crippen molar-refractivity contribution in [3.63, 3.8) is 0 Å². The Morgan fingerprint density at radius 1 is 1.39 bits per heavy atom.